The van der Waals surface area contributed by atoms with Gasteiger partial charge < -0.3 is 19.1 Å². The van der Waals surface area contributed by atoms with Gasteiger partial charge in [0, 0.05) is 18.1 Å². The fraction of sp³-hybridized carbons (Fsp3) is 0.350. The Bertz CT molecular complexity index is 776. The highest BCUT2D eigenvalue weighted by molar-refractivity contribution is 6.30. The van der Waals surface area contributed by atoms with Crippen LogP contribution >= 0.6 is 11.6 Å². The molecule has 0 spiro atoms. The molecule has 3 rings (SSSR count). The molecule has 26 heavy (non-hydrogen) atoms. The third kappa shape index (κ3) is 4.22. The molecule has 1 heterocycles. The fourth-order valence-corrected chi connectivity index (χ4v) is 3.17. The lowest BCUT2D eigenvalue weighted by Gasteiger charge is -2.29. The Morgan fingerprint density at radius 3 is 2.38 bits per heavy atom. The van der Waals surface area contributed by atoms with Crippen LogP contribution in [-0.4, -0.2) is 38.2 Å². The van der Waals surface area contributed by atoms with Crippen molar-refractivity contribution < 1.29 is 19.0 Å². The van der Waals surface area contributed by atoms with E-state index in [2.05, 4.69) is 0 Å². The first kappa shape index (κ1) is 18.4. The number of carbonyl (C=O) groups excluding carboxylic acids is 1. The predicted octanol–water partition coefficient (Wildman–Crippen LogP) is 3.71. The van der Waals surface area contributed by atoms with E-state index in [0.29, 0.717) is 42.6 Å². The molecule has 0 N–H and O–H groups in total. The Balaban J connectivity index is 1.57. The van der Waals surface area contributed by atoms with E-state index >= 15 is 0 Å². The number of fused-ring (bicyclic) bond motifs is 1. The molecule has 0 radical (unpaired) electrons. The van der Waals surface area contributed by atoms with E-state index in [-0.39, 0.29) is 5.91 Å². The zero-order chi connectivity index (χ0) is 18.5. The highest BCUT2D eigenvalue weighted by Gasteiger charge is 2.22. The standard InChI is InChI=1S/C20H22ClNO4/c1-24-18-11-14-7-9-22(13-15(14)12-19(18)25-2)20(23)8-10-26-17-5-3-16(21)4-6-17/h3-6,11-12H,7-10,13H2,1-2H3. The number of hydrogen-bond acceptors (Lipinski definition) is 4. The van der Waals surface area contributed by atoms with E-state index in [1.807, 2.05) is 17.0 Å². The molecule has 0 saturated heterocycles. The smallest absolute Gasteiger partial charge is 0.226 e. The summed E-state index contributed by atoms with van der Waals surface area (Å²) >= 11 is 5.85. The number of benzene rings is 2. The maximum atomic E-state index is 12.5. The molecule has 0 unspecified atom stereocenters. The lowest BCUT2D eigenvalue weighted by molar-refractivity contribution is -0.132. The van der Waals surface area contributed by atoms with Crippen molar-refractivity contribution in [3.05, 3.63) is 52.5 Å². The van der Waals surface area contributed by atoms with Gasteiger partial charge >= 0.3 is 0 Å². The number of rotatable bonds is 6. The third-order valence-electron chi connectivity index (χ3n) is 4.47. The molecule has 1 aliphatic heterocycles. The number of hydrogen-bond donors (Lipinski definition) is 0. The lowest BCUT2D eigenvalue weighted by atomic mass is 9.98. The first-order valence-corrected chi connectivity index (χ1v) is 8.88. The van der Waals surface area contributed by atoms with E-state index in [9.17, 15) is 4.79 Å². The Labute approximate surface area is 158 Å². The van der Waals surface area contributed by atoms with E-state index < -0.39 is 0 Å². The molecule has 0 saturated carbocycles. The van der Waals surface area contributed by atoms with Crippen LogP contribution in [0.2, 0.25) is 5.02 Å². The molecule has 0 aliphatic carbocycles. The summed E-state index contributed by atoms with van der Waals surface area (Å²) in [6.45, 7) is 1.62. The summed E-state index contributed by atoms with van der Waals surface area (Å²) in [4.78, 5) is 14.4. The Morgan fingerprint density at radius 2 is 1.73 bits per heavy atom. The molecule has 138 valence electrons. The van der Waals surface area contributed by atoms with Crippen molar-refractivity contribution >= 4 is 17.5 Å². The van der Waals surface area contributed by atoms with Crippen molar-refractivity contribution in [2.24, 2.45) is 0 Å². The molecule has 0 aromatic heterocycles. The molecule has 2 aromatic rings. The second kappa shape index (κ2) is 8.32. The molecule has 1 aliphatic rings. The van der Waals surface area contributed by atoms with Crippen LogP contribution in [0.15, 0.2) is 36.4 Å². The van der Waals surface area contributed by atoms with Crippen molar-refractivity contribution in [3.63, 3.8) is 0 Å². The predicted molar refractivity (Wildman–Crippen MR) is 100 cm³/mol. The number of methoxy groups -OCH3 is 2. The number of ether oxygens (including phenoxy) is 3. The van der Waals surface area contributed by atoms with Gasteiger partial charge in [0.15, 0.2) is 11.5 Å². The first-order chi connectivity index (χ1) is 12.6. The largest absolute Gasteiger partial charge is 0.493 e. The van der Waals surface area contributed by atoms with Crippen LogP contribution in [0, 0.1) is 0 Å². The zero-order valence-electron chi connectivity index (χ0n) is 15.0. The maximum Gasteiger partial charge on any atom is 0.226 e. The summed E-state index contributed by atoms with van der Waals surface area (Å²) < 4.78 is 16.3. The minimum absolute atomic E-state index is 0.0828. The van der Waals surface area contributed by atoms with Crippen LogP contribution in [0.5, 0.6) is 17.2 Å². The van der Waals surface area contributed by atoms with Crippen LogP contribution in [0.1, 0.15) is 17.5 Å². The summed E-state index contributed by atoms with van der Waals surface area (Å²) in [5.41, 5.74) is 2.30. The second-order valence-electron chi connectivity index (χ2n) is 6.09. The second-order valence-corrected chi connectivity index (χ2v) is 6.53. The maximum absolute atomic E-state index is 12.5. The van der Waals surface area contributed by atoms with E-state index in [4.69, 9.17) is 25.8 Å². The highest BCUT2D eigenvalue weighted by Crippen LogP contribution is 2.33. The SMILES string of the molecule is COc1cc2c(cc1OC)CN(C(=O)CCOc1ccc(Cl)cc1)CC2. The summed E-state index contributed by atoms with van der Waals surface area (Å²) in [6.07, 6.45) is 1.14. The van der Waals surface area contributed by atoms with Gasteiger partial charge in [-0.25, -0.2) is 0 Å². The Kier molecular flexibility index (Phi) is 5.89. The van der Waals surface area contributed by atoms with Gasteiger partial charge in [-0.05, 0) is 53.9 Å². The molecule has 2 aromatic carbocycles. The van der Waals surface area contributed by atoms with Crippen molar-refractivity contribution in [3.8, 4) is 17.2 Å². The molecular formula is C20H22ClNO4. The monoisotopic (exact) mass is 375 g/mol. The lowest BCUT2D eigenvalue weighted by Crippen LogP contribution is -2.36. The highest BCUT2D eigenvalue weighted by atomic mass is 35.5. The molecular weight excluding hydrogens is 354 g/mol. The normalized spacial score (nSPS) is 13.1. The molecule has 0 atom stereocenters. The number of carbonyl (C=O) groups is 1. The molecule has 1 amide bonds. The van der Waals surface area contributed by atoms with Crippen molar-refractivity contribution in [1.82, 2.24) is 4.90 Å². The summed E-state index contributed by atoms with van der Waals surface area (Å²) in [6, 6.07) is 11.1. The van der Waals surface area contributed by atoms with E-state index in [0.717, 1.165) is 17.7 Å². The van der Waals surface area contributed by atoms with Gasteiger partial charge in [0.1, 0.15) is 5.75 Å². The quantitative estimate of drug-likeness (QED) is 0.772. The summed E-state index contributed by atoms with van der Waals surface area (Å²) in [5, 5.41) is 0.660. The van der Waals surface area contributed by atoms with E-state index in [1.54, 1.807) is 38.5 Å². The Hall–Kier alpha value is -2.40. The van der Waals surface area contributed by atoms with Gasteiger partial charge in [-0.1, -0.05) is 11.6 Å². The zero-order valence-corrected chi connectivity index (χ0v) is 15.7. The minimum Gasteiger partial charge on any atom is -0.493 e. The first-order valence-electron chi connectivity index (χ1n) is 8.50. The van der Waals surface area contributed by atoms with Gasteiger partial charge in [-0.2, -0.15) is 0 Å². The molecule has 0 bridgehead atoms. The molecule has 5 nitrogen and oxygen atoms in total. The number of halogens is 1. The number of amides is 1. The van der Waals surface area contributed by atoms with Crippen molar-refractivity contribution in [1.29, 1.82) is 0 Å². The average molecular weight is 376 g/mol. The number of nitrogens with zero attached hydrogens (tertiary/aromatic N) is 1. The van der Waals surface area contributed by atoms with E-state index in [1.165, 1.54) is 5.56 Å². The van der Waals surface area contributed by atoms with Crippen LogP contribution < -0.4 is 14.2 Å². The Morgan fingerprint density at radius 1 is 1.08 bits per heavy atom. The van der Waals surface area contributed by atoms with Gasteiger partial charge in [-0.3, -0.25) is 4.79 Å². The fourth-order valence-electron chi connectivity index (χ4n) is 3.04. The minimum atomic E-state index is 0.0828. The third-order valence-corrected chi connectivity index (χ3v) is 4.72. The summed E-state index contributed by atoms with van der Waals surface area (Å²) in [7, 11) is 3.24. The van der Waals surface area contributed by atoms with Gasteiger partial charge in [-0.15, -0.1) is 0 Å². The van der Waals surface area contributed by atoms with Crippen molar-refractivity contribution in [2.75, 3.05) is 27.4 Å². The topological polar surface area (TPSA) is 48.0 Å². The van der Waals surface area contributed by atoms with Crippen LogP contribution in [-0.2, 0) is 17.8 Å². The van der Waals surface area contributed by atoms with Crippen LogP contribution in [0.3, 0.4) is 0 Å². The van der Waals surface area contributed by atoms with Gasteiger partial charge in [0.25, 0.3) is 0 Å². The average Bonchev–Trinajstić information content (AvgIpc) is 2.67. The van der Waals surface area contributed by atoms with Crippen LogP contribution in [0.25, 0.3) is 0 Å². The molecule has 0 fully saturated rings. The van der Waals surface area contributed by atoms with Gasteiger partial charge in [0.05, 0.1) is 27.2 Å². The summed E-state index contributed by atoms with van der Waals surface area (Å²) in [5.74, 6) is 2.21. The van der Waals surface area contributed by atoms with Gasteiger partial charge in [0.2, 0.25) is 5.91 Å². The molecule has 6 heteroatoms. The van der Waals surface area contributed by atoms with Crippen LogP contribution in [0.4, 0.5) is 0 Å². The van der Waals surface area contributed by atoms with Crippen molar-refractivity contribution in [2.45, 2.75) is 19.4 Å².